The number of aliphatic hydroxyl groups is 1. The number of imidazole rings is 1. The molecule has 34 heavy (non-hydrogen) atoms. The molecule has 2 aromatic heterocycles. The normalized spacial score (nSPS) is 14.8. The molecule has 0 atom stereocenters. The van der Waals surface area contributed by atoms with Crippen LogP contribution in [-0.2, 0) is 12.1 Å². The summed E-state index contributed by atoms with van der Waals surface area (Å²) < 4.78 is 1.90. The number of benzene rings is 3. The summed E-state index contributed by atoms with van der Waals surface area (Å²) in [5.41, 5.74) is 15.2. The van der Waals surface area contributed by atoms with Gasteiger partial charge in [0.15, 0.2) is 5.65 Å². The topological polar surface area (TPSA) is 76.4 Å². The molecule has 2 heterocycles. The van der Waals surface area contributed by atoms with Crippen molar-refractivity contribution in [1.29, 1.82) is 0 Å². The Kier molecular flexibility index (Phi) is 5.01. The van der Waals surface area contributed by atoms with Crippen LogP contribution in [0.2, 0.25) is 0 Å². The number of nitrogens with zero attached hydrogens (tertiary/aromatic N) is 3. The van der Waals surface area contributed by atoms with Gasteiger partial charge in [-0.3, -0.25) is 0 Å². The summed E-state index contributed by atoms with van der Waals surface area (Å²) in [6, 6.07) is 28.8. The fourth-order valence-corrected chi connectivity index (χ4v) is 4.75. The van der Waals surface area contributed by atoms with Gasteiger partial charge < -0.3 is 10.8 Å². The number of aliphatic hydroxyl groups excluding tert-OH is 1. The lowest BCUT2D eigenvalue weighted by molar-refractivity contribution is 0.253. The van der Waals surface area contributed by atoms with Crippen LogP contribution in [0.25, 0.3) is 39.3 Å². The Bertz CT molecular complexity index is 1450. The number of hydrogen-bond donors (Lipinski definition) is 2. The zero-order chi connectivity index (χ0) is 23.1. The van der Waals surface area contributed by atoms with Gasteiger partial charge in [-0.05, 0) is 42.0 Å². The van der Waals surface area contributed by atoms with Crippen molar-refractivity contribution in [2.75, 3.05) is 0 Å². The van der Waals surface area contributed by atoms with Gasteiger partial charge in [-0.25, -0.2) is 9.50 Å². The molecule has 3 aromatic carbocycles. The van der Waals surface area contributed by atoms with Gasteiger partial charge in [-0.2, -0.15) is 5.10 Å². The van der Waals surface area contributed by atoms with Gasteiger partial charge in [0.05, 0.1) is 24.2 Å². The maximum Gasteiger partial charge on any atom is 0.154 e. The molecule has 5 nitrogen and oxygen atoms in total. The van der Waals surface area contributed by atoms with Gasteiger partial charge in [0.1, 0.15) is 0 Å². The number of fused-ring (bicyclic) bond motifs is 1. The highest BCUT2D eigenvalue weighted by atomic mass is 16.3. The molecule has 3 N–H and O–H groups in total. The second-order valence-corrected chi connectivity index (χ2v) is 9.13. The standard InChI is InChI=1S/C29H26N4O/c30-29(15-4-16-29)24-13-11-23(12-14-24)28-25(21-5-2-1-3-6-21)17-27-31-18-26(33(27)32-28)22-9-7-20(19-34)8-10-22/h1-3,5-14,17-18,34H,4,15-16,19,30H2. The van der Waals surface area contributed by atoms with E-state index in [1.54, 1.807) is 0 Å². The van der Waals surface area contributed by atoms with Crippen LogP contribution in [0.5, 0.6) is 0 Å². The zero-order valence-corrected chi connectivity index (χ0v) is 18.9. The van der Waals surface area contributed by atoms with E-state index in [0.717, 1.165) is 57.7 Å². The van der Waals surface area contributed by atoms with Gasteiger partial charge in [0.2, 0.25) is 0 Å². The molecule has 0 aliphatic heterocycles. The Labute approximate surface area is 198 Å². The summed E-state index contributed by atoms with van der Waals surface area (Å²) in [6.07, 6.45) is 5.13. The predicted octanol–water partition coefficient (Wildman–Crippen LogP) is 5.56. The van der Waals surface area contributed by atoms with E-state index in [9.17, 15) is 5.11 Å². The maximum atomic E-state index is 9.38. The quantitative estimate of drug-likeness (QED) is 0.371. The van der Waals surface area contributed by atoms with E-state index in [4.69, 9.17) is 10.8 Å². The summed E-state index contributed by atoms with van der Waals surface area (Å²) >= 11 is 0. The fourth-order valence-electron chi connectivity index (χ4n) is 4.75. The first-order valence-corrected chi connectivity index (χ1v) is 11.7. The molecule has 1 aliphatic carbocycles. The first-order chi connectivity index (χ1) is 16.6. The Morgan fingerprint density at radius 1 is 0.853 bits per heavy atom. The minimum atomic E-state index is -0.184. The SMILES string of the molecule is NC1(c2ccc(-c3nn4c(-c5ccc(CO)cc5)cnc4cc3-c3ccccc3)cc2)CCC1. The van der Waals surface area contributed by atoms with Crippen LogP contribution in [-0.4, -0.2) is 19.7 Å². The highest BCUT2D eigenvalue weighted by Gasteiger charge is 2.34. The van der Waals surface area contributed by atoms with Crippen LogP contribution >= 0.6 is 0 Å². The van der Waals surface area contributed by atoms with Crippen LogP contribution in [0.4, 0.5) is 0 Å². The van der Waals surface area contributed by atoms with Crippen molar-refractivity contribution in [2.45, 2.75) is 31.4 Å². The van der Waals surface area contributed by atoms with E-state index in [1.165, 1.54) is 12.0 Å². The summed E-state index contributed by atoms with van der Waals surface area (Å²) in [6.45, 7) is 0.0242. The lowest BCUT2D eigenvalue weighted by atomic mass is 9.72. The van der Waals surface area contributed by atoms with Crippen molar-refractivity contribution in [3.63, 3.8) is 0 Å². The number of nitrogens with two attached hydrogens (primary N) is 1. The molecule has 0 radical (unpaired) electrons. The molecular weight excluding hydrogens is 420 g/mol. The summed E-state index contributed by atoms with van der Waals surface area (Å²) in [5.74, 6) is 0. The highest BCUT2D eigenvalue weighted by Crippen LogP contribution is 2.40. The van der Waals surface area contributed by atoms with Crippen molar-refractivity contribution >= 4 is 5.65 Å². The van der Waals surface area contributed by atoms with E-state index in [2.05, 4.69) is 47.4 Å². The maximum absolute atomic E-state index is 9.38. The molecule has 0 unspecified atom stereocenters. The number of rotatable bonds is 5. The molecule has 1 saturated carbocycles. The molecule has 0 saturated heterocycles. The molecule has 168 valence electrons. The average molecular weight is 447 g/mol. The van der Waals surface area contributed by atoms with E-state index in [-0.39, 0.29) is 12.1 Å². The van der Waals surface area contributed by atoms with Crippen molar-refractivity contribution < 1.29 is 5.11 Å². The van der Waals surface area contributed by atoms with Crippen LogP contribution in [0.1, 0.15) is 30.4 Å². The molecule has 0 bridgehead atoms. The Morgan fingerprint density at radius 2 is 1.56 bits per heavy atom. The van der Waals surface area contributed by atoms with Crippen LogP contribution in [0.3, 0.4) is 0 Å². The Balaban J connectivity index is 1.51. The van der Waals surface area contributed by atoms with Crippen molar-refractivity contribution in [1.82, 2.24) is 14.6 Å². The summed E-state index contributed by atoms with van der Waals surface area (Å²) in [5, 5.41) is 14.5. The van der Waals surface area contributed by atoms with Crippen molar-refractivity contribution in [3.05, 3.63) is 102 Å². The molecular formula is C29H26N4O. The van der Waals surface area contributed by atoms with Crippen LogP contribution in [0, 0.1) is 0 Å². The molecule has 0 amide bonds. The van der Waals surface area contributed by atoms with Gasteiger partial charge in [0, 0.05) is 22.2 Å². The smallest absolute Gasteiger partial charge is 0.154 e. The molecule has 1 aliphatic rings. The van der Waals surface area contributed by atoms with E-state index in [0.29, 0.717) is 0 Å². The van der Waals surface area contributed by atoms with E-state index >= 15 is 0 Å². The second kappa shape index (κ2) is 8.20. The first-order valence-electron chi connectivity index (χ1n) is 11.7. The second-order valence-electron chi connectivity index (χ2n) is 9.13. The monoisotopic (exact) mass is 446 g/mol. The zero-order valence-electron chi connectivity index (χ0n) is 18.9. The molecule has 6 rings (SSSR count). The molecule has 5 heteroatoms. The largest absolute Gasteiger partial charge is 0.392 e. The third-order valence-corrected chi connectivity index (χ3v) is 6.99. The Morgan fingerprint density at radius 3 is 2.21 bits per heavy atom. The van der Waals surface area contributed by atoms with Crippen molar-refractivity contribution in [3.8, 4) is 33.6 Å². The van der Waals surface area contributed by atoms with Gasteiger partial charge in [-0.1, -0.05) is 78.9 Å². The minimum Gasteiger partial charge on any atom is -0.392 e. The number of hydrogen-bond acceptors (Lipinski definition) is 4. The summed E-state index contributed by atoms with van der Waals surface area (Å²) in [7, 11) is 0. The van der Waals surface area contributed by atoms with Gasteiger partial charge in [-0.15, -0.1) is 0 Å². The van der Waals surface area contributed by atoms with Crippen LogP contribution in [0.15, 0.2) is 91.1 Å². The van der Waals surface area contributed by atoms with Crippen LogP contribution < -0.4 is 5.73 Å². The fraction of sp³-hybridized carbons (Fsp3) is 0.172. The molecule has 1 fully saturated rings. The van der Waals surface area contributed by atoms with Crippen molar-refractivity contribution in [2.24, 2.45) is 5.73 Å². The lowest BCUT2D eigenvalue weighted by Gasteiger charge is -2.38. The average Bonchev–Trinajstić information content (AvgIpc) is 3.30. The van der Waals surface area contributed by atoms with Gasteiger partial charge >= 0.3 is 0 Å². The minimum absolute atomic E-state index is 0.0242. The first kappa shape index (κ1) is 20.8. The summed E-state index contributed by atoms with van der Waals surface area (Å²) in [4.78, 5) is 4.66. The third-order valence-electron chi connectivity index (χ3n) is 6.99. The molecule has 0 spiro atoms. The highest BCUT2D eigenvalue weighted by molar-refractivity contribution is 5.83. The van der Waals surface area contributed by atoms with E-state index in [1.807, 2.05) is 53.2 Å². The lowest BCUT2D eigenvalue weighted by Crippen LogP contribution is -2.43. The number of aromatic nitrogens is 3. The van der Waals surface area contributed by atoms with Gasteiger partial charge in [0.25, 0.3) is 0 Å². The Hall–Kier alpha value is -3.80. The molecule has 5 aromatic rings. The van der Waals surface area contributed by atoms with E-state index < -0.39 is 0 Å². The third kappa shape index (κ3) is 3.50. The predicted molar refractivity (Wildman–Crippen MR) is 135 cm³/mol.